The molecule has 3 nitrogen and oxygen atoms in total. The third-order valence-electron chi connectivity index (χ3n) is 4.35. The maximum Gasteiger partial charge on any atom is 0.274 e. The highest BCUT2D eigenvalue weighted by molar-refractivity contribution is 7.98. The van der Waals surface area contributed by atoms with Crippen molar-refractivity contribution in [1.29, 1.82) is 0 Å². The van der Waals surface area contributed by atoms with Crippen LogP contribution in [0.5, 0.6) is 0 Å². The second-order valence-electron chi connectivity index (χ2n) is 5.79. The third-order valence-corrected chi connectivity index (χ3v) is 6.06. The Morgan fingerprint density at radius 1 is 1.12 bits per heavy atom. The molecule has 4 aromatic rings. The summed E-state index contributed by atoms with van der Waals surface area (Å²) in [7, 11) is 0. The van der Waals surface area contributed by atoms with Gasteiger partial charge in [0.05, 0.1) is 15.6 Å². The zero-order valence-corrected chi connectivity index (χ0v) is 15.3. The van der Waals surface area contributed by atoms with Gasteiger partial charge in [0.1, 0.15) is 0 Å². The Bertz CT molecular complexity index is 1170. The zero-order chi connectivity index (χ0) is 16.8. The molecule has 0 saturated carbocycles. The van der Waals surface area contributed by atoms with Crippen molar-refractivity contribution in [1.82, 2.24) is 9.38 Å². The number of aryl methyl sites for hydroxylation is 2. The molecule has 0 aliphatic rings. The minimum atomic E-state index is 0.00898. The highest BCUT2D eigenvalue weighted by Gasteiger charge is 2.13. The molecule has 0 radical (unpaired) electrons. The van der Waals surface area contributed by atoms with Crippen molar-refractivity contribution >= 4 is 45.2 Å². The Kier molecular flexibility index (Phi) is 3.70. The first-order valence-electron chi connectivity index (χ1n) is 7.65. The van der Waals surface area contributed by atoms with Crippen LogP contribution in [0.15, 0.2) is 46.1 Å². The van der Waals surface area contributed by atoms with E-state index in [-0.39, 0.29) is 5.56 Å². The second-order valence-corrected chi connectivity index (χ2v) is 7.68. The number of hydrogen-bond donors (Lipinski definition) is 0. The van der Waals surface area contributed by atoms with Crippen LogP contribution in [0, 0.1) is 13.8 Å². The molecule has 0 unspecified atom stereocenters. The van der Waals surface area contributed by atoms with Crippen molar-refractivity contribution in [3.8, 4) is 0 Å². The maximum atomic E-state index is 12.8. The number of rotatable bonds is 2. The number of hydrogen-bond acceptors (Lipinski definition) is 4. The molecular formula is C19H16N2OS2. The fourth-order valence-electron chi connectivity index (χ4n) is 2.82. The van der Waals surface area contributed by atoms with E-state index in [2.05, 4.69) is 37.2 Å². The molecule has 0 bridgehead atoms. The molecule has 2 heterocycles. The van der Waals surface area contributed by atoms with E-state index in [9.17, 15) is 4.79 Å². The lowest BCUT2D eigenvalue weighted by Crippen LogP contribution is -2.22. The van der Waals surface area contributed by atoms with E-state index in [1.54, 1.807) is 16.2 Å². The summed E-state index contributed by atoms with van der Waals surface area (Å²) in [5.74, 6) is 0. The molecule has 2 aromatic carbocycles. The van der Waals surface area contributed by atoms with Crippen LogP contribution in [0.1, 0.15) is 16.7 Å². The first-order valence-corrected chi connectivity index (χ1v) is 9.69. The molecule has 2 aromatic heterocycles. The summed E-state index contributed by atoms with van der Waals surface area (Å²) < 4.78 is 2.45. The number of nitrogens with zero attached hydrogens (tertiary/aromatic N) is 2. The highest BCUT2D eigenvalue weighted by Crippen LogP contribution is 2.22. The first kappa shape index (κ1) is 15.4. The van der Waals surface area contributed by atoms with Crippen molar-refractivity contribution in [2.45, 2.75) is 18.7 Å². The number of imidazole rings is 1. The van der Waals surface area contributed by atoms with Crippen LogP contribution in [0.3, 0.4) is 0 Å². The van der Waals surface area contributed by atoms with Gasteiger partial charge in [-0.25, -0.2) is 9.38 Å². The molecule has 0 aliphatic carbocycles. The van der Waals surface area contributed by atoms with Crippen LogP contribution < -0.4 is 10.1 Å². The Morgan fingerprint density at radius 3 is 2.58 bits per heavy atom. The first-order chi connectivity index (χ1) is 11.6. The van der Waals surface area contributed by atoms with E-state index in [4.69, 9.17) is 0 Å². The molecule has 0 atom stereocenters. The minimum Gasteiger partial charge on any atom is -0.267 e. The molecule has 0 N–H and O–H groups in total. The molecule has 0 amide bonds. The third kappa shape index (κ3) is 2.36. The van der Waals surface area contributed by atoms with Gasteiger partial charge < -0.3 is 0 Å². The number of aromatic nitrogens is 2. The van der Waals surface area contributed by atoms with Crippen molar-refractivity contribution in [2.24, 2.45) is 0 Å². The predicted octanol–water partition coefficient (Wildman–Crippen LogP) is 3.80. The Balaban J connectivity index is 1.94. The number of thioether (sulfide) groups is 1. The summed E-state index contributed by atoms with van der Waals surface area (Å²) >= 11 is 3.16. The van der Waals surface area contributed by atoms with Gasteiger partial charge in [-0.15, -0.1) is 11.8 Å². The minimum absolute atomic E-state index is 0.00898. The van der Waals surface area contributed by atoms with Gasteiger partial charge >= 0.3 is 0 Å². The fraction of sp³-hybridized carbons (Fsp3) is 0.158. The summed E-state index contributed by atoms with van der Waals surface area (Å²) in [6.45, 7) is 4.12. The molecular weight excluding hydrogens is 336 g/mol. The van der Waals surface area contributed by atoms with Gasteiger partial charge in [0.25, 0.3) is 5.56 Å². The van der Waals surface area contributed by atoms with Crippen LogP contribution in [-0.4, -0.2) is 15.6 Å². The molecule has 5 heteroatoms. The normalized spacial score (nSPS) is 12.5. The van der Waals surface area contributed by atoms with Crippen LogP contribution in [0.25, 0.3) is 22.1 Å². The van der Waals surface area contributed by atoms with Gasteiger partial charge in [0.15, 0.2) is 4.96 Å². The lowest BCUT2D eigenvalue weighted by atomic mass is 10.1. The second kappa shape index (κ2) is 5.76. The molecule has 24 heavy (non-hydrogen) atoms. The van der Waals surface area contributed by atoms with E-state index in [0.717, 1.165) is 31.7 Å². The van der Waals surface area contributed by atoms with Crippen LogP contribution >= 0.6 is 23.1 Å². The van der Waals surface area contributed by atoms with E-state index < -0.39 is 0 Å². The Morgan fingerprint density at radius 2 is 1.88 bits per heavy atom. The monoisotopic (exact) mass is 352 g/mol. The van der Waals surface area contributed by atoms with Crippen molar-refractivity contribution in [2.75, 3.05) is 6.26 Å². The lowest BCUT2D eigenvalue weighted by molar-refractivity contribution is 1.19. The zero-order valence-electron chi connectivity index (χ0n) is 13.7. The van der Waals surface area contributed by atoms with Crippen LogP contribution in [-0.2, 0) is 0 Å². The smallest absolute Gasteiger partial charge is 0.267 e. The van der Waals surface area contributed by atoms with E-state index >= 15 is 0 Å². The molecule has 120 valence electrons. The SMILES string of the molecule is CSc1ccc(/C=c2\sc3nc4c(C)c(C)ccc4n3c2=O)cc1. The Hall–Kier alpha value is -2.11. The van der Waals surface area contributed by atoms with Gasteiger partial charge in [-0.1, -0.05) is 29.5 Å². The van der Waals surface area contributed by atoms with Gasteiger partial charge in [-0.3, -0.25) is 4.79 Å². The summed E-state index contributed by atoms with van der Waals surface area (Å²) in [4.78, 5) is 19.5. The average Bonchev–Trinajstić information content (AvgIpc) is 3.10. The summed E-state index contributed by atoms with van der Waals surface area (Å²) in [6.07, 6.45) is 4.00. The largest absolute Gasteiger partial charge is 0.274 e. The molecule has 0 fully saturated rings. The van der Waals surface area contributed by atoms with Crippen LogP contribution in [0.2, 0.25) is 0 Å². The summed E-state index contributed by atoms with van der Waals surface area (Å²) in [5, 5.41) is 0. The van der Waals surface area contributed by atoms with E-state index in [0.29, 0.717) is 0 Å². The molecule has 0 aliphatic heterocycles. The van der Waals surface area contributed by atoms with Crippen molar-refractivity contribution in [3.63, 3.8) is 0 Å². The van der Waals surface area contributed by atoms with E-state index in [1.807, 2.05) is 30.3 Å². The lowest BCUT2D eigenvalue weighted by Gasteiger charge is -1.99. The van der Waals surface area contributed by atoms with Gasteiger partial charge in [0.2, 0.25) is 0 Å². The number of thiazole rings is 1. The molecule has 0 spiro atoms. The van der Waals surface area contributed by atoms with Gasteiger partial charge in [-0.05, 0) is 61.1 Å². The van der Waals surface area contributed by atoms with Gasteiger partial charge in [-0.2, -0.15) is 0 Å². The Labute approximate surface area is 147 Å². The highest BCUT2D eigenvalue weighted by atomic mass is 32.2. The maximum absolute atomic E-state index is 12.8. The average molecular weight is 352 g/mol. The predicted molar refractivity (Wildman–Crippen MR) is 103 cm³/mol. The van der Waals surface area contributed by atoms with Crippen molar-refractivity contribution in [3.05, 3.63) is 68.0 Å². The summed E-state index contributed by atoms with van der Waals surface area (Å²) in [5.41, 5.74) is 5.20. The topological polar surface area (TPSA) is 34.4 Å². The molecule has 4 rings (SSSR count). The van der Waals surface area contributed by atoms with Crippen LogP contribution in [0.4, 0.5) is 0 Å². The number of fused-ring (bicyclic) bond motifs is 3. The quantitative estimate of drug-likeness (QED) is 0.515. The summed E-state index contributed by atoms with van der Waals surface area (Å²) in [6, 6.07) is 12.3. The standard InChI is InChI=1S/C19H16N2OS2/c1-11-4-9-15-17(12(11)2)20-19-21(15)18(22)16(24-19)10-13-5-7-14(23-3)8-6-13/h4-10H,1-3H3/b16-10-. The fourth-order valence-corrected chi connectivity index (χ4v) is 4.20. The van der Waals surface area contributed by atoms with Gasteiger partial charge in [0, 0.05) is 4.90 Å². The van der Waals surface area contributed by atoms with E-state index in [1.165, 1.54) is 21.8 Å². The molecule has 0 saturated heterocycles. The number of benzene rings is 2. The van der Waals surface area contributed by atoms with Crippen molar-refractivity contribution < 1.29 is 0 Å².